The summed E-state index contributed by atoms with van der Waals surface area (Å²) in [6.45, 7) is 3.72. The van der Waals surface area contributed by atoms with Crippen LogP contribution in [0.25, 0.3) is 0 Å². The van der Waals surface area contributed by atoms with Crippen LogP contribution in [0.1, 0.15) is 35.4 Å². The fourth-order valence-corrected chi connectivity index (χ4v) is 2.96. The van der Waals surface area contributed by atoms with Crippen LogP contribution >= 0.6 is 11.3 Å². The van der Waals surface area contributed by atoms with Crippen molar-refractivity contribution in [3.8, 4) is 0 Å². The summed E-state index contributed by atoms with van der Waals surface area (Å²) in [4.78, 5) is 14.5. The zero-order valence-corrected chi connectivity index (χ0v) is 11.1. The summed E-state index contributed by atoms with van der Waals surface area (Å²) in [5.41, 5.74) is 0. The zero-order valence-electron chi connectivity index (χ0n) is 10.3. The van der Waals surface area contributed by atoms with E-state index in [2.05, 4.69) is 29.7 Å². The van der Waals surface area contributed by atoms with Gasteiger partial charge in [-0.05, 0) is 38.4 Å². The third-order valence-corrected chi connectivity index (χ3v) is 4.11. The maximum atomic E-state index is 12.0. The van der Waals surface area contributed by atoms with E-state index in [1.54, 1.807) is 11.3 Å². The smallest absolute Gasteiger partial charge is 0.237 e. The molecule has 1 saturated heterocycles. The first-order chi connectivity index (χ1) is 8.25. The topological polar surface area (TPSA) is 41.1 Å². The van der Waals surface area contributed by atoms with Gasteiger partial charge in [0.05, 0.1) is 12.6 Å². The molecule has 2 heterocycles. The average Bonchev–Trinajstić information content (AvgIpc) is 2.58. The molecule has 2 N–H and O–H groups in total. The standard InChI is InChI=1S/C13H20N2OS/c1-10-6-7-11(17-10)9-15-13(16)12-5-3-2-4-8-14-12/h6-7,12,14H,2-5,8-9H2,1H3,(H,15,16). The molecule has 0 saturated carbocycles. The highest BCUT2D eigenvalue weighted by atomic mass is 32.1. The predicted octanol–water partition coefficient (Wildman–Crippen LogP) is 2.20. The highest BCUT2D eigenvalue weighted by molar-refractivity contribution is 7.11. The van der Waals surface area contributed by atoms with E-state index in [9.17, 15) is 4.79 Å². The Morgan fingerprint density at radius 2 is 2.35 bits per heavy atom. The third-order valence-electron chi connectivity index (χ3n) is 3.11. The van der Waals surface area contributed by atoms with Crippen LogP contribution in [0.15, 0.2) is 12.1 Å². The van der Waals surface area contributed by atoms with Gasteiger partial charge in [0.15, 0.2) is 0 Å². The van der Waals surface area contributed by atoms with E-state index < -0.39 is 0 Å². The highest BCUT2D eigenvalue weighted by Crippen LogP contribution is 2.15. The highest BCUT2D eigenvalue weighted by Gasteiger charge is 2.18. The molecule has 3 nitrogen and oxygen atoms in total. The molecule has 0 aliphatic carbocycles. The minimum absolute atomic E-state index is 0.0126. The van der Waals surface area contributed by atoms with Crippen molar-refractivity contribution in [1.29, 1.82) is 0 Å². The normalized spacial score (nSPS) is 20.9. The molecule has 94 valence electrons. The zero-order chi connectivity index (χ0) is 12.1. The monoisotopic (exact) mass is 252 g/mol. The van der Waals surface area contributed by atoms with E-state index >= 15 is 0 Å². The lowest BCUT2D eigenvalue weighted by molar-refractivity contribution is -0.123. The van der Waals surface area contributed by atoms with Gasteiger partial charge in [-0.15, -0.1) is 11.3 Å². The maximum absolute atomic E-state index is 12.0. The van der Waals surface area contributed by atoms with Crippen LogP contribution in [-0.4, -0.2) is 18.5 Å². The molecule has 0 bridgehead atoms. The predicted molar refractivity (Wildman–Crippen MR) is 71.2 cm³/mol. The number of rotatable bonds is 3. The summed E-state index contributed by atoms with van der Waals surface area (Å²) in [5.74, 6) is 0.151. The summed E-state index contributed by atoms with van der Waals surface area (Å²) < 4.78 is 0. The fraction of sp³-hybridized carbons (Fsp3) is 0.615. The molecule has 0 spiro atoms. The Morgan fingerprint density at radius 3 is 3.12 bits per heavy atom. The van der Waals surface area contributed by atoms with Gasteiger partial charge in [0, 0.05) is 9.75 Å². The van der Waals surface area contributed by atoms with Gasteiger partial charge < -0.3 is 10.6 Å². The van der Waals surface area contributed by atoms with Crippen LogP contribution in [-0.2, 0) is 11.3 Å². The van der Waals surface area contributed by atoms with Gasteiger partial charge in [-0.3, -0.25) is 4.79 Å². The number of amides is 1. The van der Waals surface area contributed by atoms with Crippen LogP contribution in [0.3, 0.4) is 0 Å². The lowest BCUT2D eigenvalue weighted by Crippen LogP contribution is -2.43. The van der Waals surface area contributed by atoms with Crippen molar-refractivity contribution >= 4 is 17.2 Å². The molecule has 2 rings (SSSR count). The van der Waals surface area contributed by atoms with Gasteiger partial charge in [-0.2, -0.15) is 0 Å². The number of hydrogen-bond acceptors (Lipinski definition) is 3. The first-order valence-corrected chi connectivity index (χ1v) is 7.14. The number of thiophene rings is 1. The van der Waals surface area contributed by atoms with E-state index in [1.165, 1.54) is 22.6 Å². The van der Waals surface area contributed by atoms with Crippen molar-refractivity contribution in [3.63, 3.8) is 0 Å². The molecule has 0 aromatic carbocycles. The third kappa shape index (κ3) is 3.82. The SMILES string of the molecule is Cc1ccc(CNC(=O)C2CCCCCN2)s1. The maximum Gasteiger partial charge on any atom is 0.237 e. The lowest BCUT2D eigenvalue weighted by atomic mass is 10.1. The van der Waals surface area contributed by atoms with E-state index in [0.717, 1.165) is 19.4 Å². The number of carbonyl (C=O) groups is 1. The second-order valence-electron chi connectivity index (χ2n) is 4.59. The van der Waals surface area contributed by atoms with Crippen molar-refractivity contribution in [1.82, 2.24) is 10.6 Å². The summed E-state index contributed by atoms with van der Waals surface area (Å²) in [7, 11) is 0. The minimum Gasteiger partial charge on any atom is -0.350 e. The fourth-order valence-electron chi connectivity index (χ4n) is 2.13. The van der Waals surface area contributed by atoms with Crippen molar-refractivity contribution < 1.29 is 4.79 Å². The first kappa shape index (κ1) is 12.6. The minimum atomic E-state index is 0.0126. The Hall–Kier alpha value is -0.870. The van der Waals surface area contributed by atoms with E-state index in [4.69, 9.17) is 0 Å². The quantitative estimate of drug-likeness (QED) is 0.866. The van der Waals surface area contributed by atoms with Crippen LogP contribution in [0.5, 0.6) is 0 Å². The lowest BCUT2D eigenvalue weighted by Gasteiger charge is -2.15. The molecule has 1 aliphatic heterocycles. The molecule has 4 heteroatoms. The van der Waals surface area contributed by atoms with E-state index in [-0.39, 0.29) is 11.9 Å². The molecule has 17 heavy (non-hydrogen) atoms. The summed E-state index contributed by atoms with van der Waals surface area (Å²) in [6.07, 6.45) is 4.55. The van der Waals surface area contributed by atoms with Crippen molar-refractivity contribution in [3.05, 3.63) is 21.9 Å². The molecule has 1 atom stereocenters. The molecule has 0 radical (unpaired) electrons. The summed E-state index contributed by atoms with van der Waals surface area (Å²) in [6, 6.07) is 4.19. The Bertz CT molecular complexity index is 367. The molecule has 1 aliphatic rings. The Balaban J connectivity index is 1.79. The van der Waals surface area contributed by atoms with Gasteiger partial charge in [-0.25, -0.2) is 0 Å². The summed E-state index contributed by atoms with van der Waals surface area (Å²) >= 11 is 1.75. The molecule has 1 fully saturated rings. The van der Waals surface area contributed by atoms with Crippen molar-refractivity contribution in [2.75, 3.05) is 6.54 Å². The van der Waals surface area contributed by atoms with Crippen molar-refractivity contribution in [2.24, 2.45) is 0 Å². The Kier molecular flexibility index (Phi) is 4.57. The van der Waals surface area contributed by atoms with Crippen LogP contribution in [0, 0.1) is 6.92 Å². The average molecular weight is 252 g/mol. The molecular formula is C13H20N2OS. The van der Waals surface area contributed by atoms with Crippen LogP contribution in [0.2, 0.25) is 0 Å². The van der Waals surface area contributed by atoms with Crippen molar-refractivity contribution in [2.45, 2.75) is 45.2 Å². The van der Waals surface area contributed by atoms with Gasteiger partial charge >= 0.3 is 0 Å². The van der Waals surface area contributed by atoms with Crippen LogP contribution in [0.4, 0.5) is 0 Å². The number of carbonyl (C=O) groups excluding carboxylic acids is 1. The molecule has 1 amide bonds. The molecular weight excluding hydrogens is 232 g/mol. The number of nitrogens with one attached hydrogen (secondary N) is 2. The molecule has 1 aromatic rings. The van der Waals surface area contributed by atoms with E-state index in [0.29, 0.717) is 6.54 Å². The Labute approximate surface area is 107 Å². The van der Waals surface area contributed by atoms with Gasteiger partial charge in [0.2, 0.25) is 5.91 Å². The second kappa shape index (κ2) is 6.17. The van der Waals surface area contributed by atoms with E-state index in [1.807, 2.05) is 0 Å². The summed E-state index contributed by atoms with van der Waals surface area (Å²) in [5, 5.41) is 6.33. The number of aryl methyl sites for hydroxylation is 1. The number of hydrogen-bond donors (Lipinski definition) is 2. The van der Waals surface area contributed by atoms with Gasteiger partial charge in [0.25, 0.3) is 0 Å². The second-order valence-corrected chi connectivity index (χ2v) is 5.96. The molecule has 1 unspecified atom stereocenters. The van der Waals surface area contributed by atoms with Crippen LogP contribution < -0.4 is 10.6 Å². The van der Waals surface area contributed by atoms with Gasteiger partial charge in [-0.1, -0.05) is 12.8 Å². The molecule has 1 aromatic heterocycles. The Morgan fingerprint density at radius 1 is 1.47 bits per heavy atom. The van der Waals surface area contributed by atoms with Gasteiger partial charge in [0.1, 0.15) is 0 Å². The largest absolute Gasteiger partial charge is 0.350 e. The first-order valence-electron chi connectivity index (χ1n) is 6.32.